The fourth-order valence-electron chi connectivity index (χ4n) is 3.40. The van der Waals surface area contributed by atoms with Crippen LogP contribution in [0.25, 0.3) is 0 Å². The maximum absolute atomic E-state index is 13.2. The zero-order valence-electron chi connectivity index (χ0n) is 16.8. The molecule has 1 aliphatic heterocycles. The number of nitrogens with zero attached hydrogens (tertiary/aromatic N) is 1. The SMILES string of the molecule is COCCN1C(=O)c2ccccc2Sc2cc(NC(=O)c3cccc(C)c3)ccc21. The Labute approximate surface area is 180 Å². The molecule has 6 heteroatoms. The number of carbonyl (C=O) groups excluding carboxylic acids is 2. The van der Waals surface area contributed by atoms with Gasteiger partial charge in [-0.2, -0.15) is 0 Å². The van der Waals surface area contributed by atoms with Crippen LogP contribution in [-0.2, 0) is 4.74 Å². The van der Waals surface area contributed by atoms with E-state index >= 15 is 0 Å². The summed E-state index contributed by atoms with van der Waals surface area (Å²) in [6.07, 6.45) is 0. The summed E-state index contributed by atoms with van der Waals surface area (Å²) in [5, 5.41) is 2.97. The van der Waals surface area contributed by atoms with Gasteiger partial charge in [-0.3, -0.25) is 9.59 Å². The quantitative estimate of drug-likeness (QED) is 0.633. The highest BCUT2D eigenvalue weighted by atomic mass is 32.2. The van der Waals surface area contributed by atoms with Crippen LogP contribution in [0.15, 0.2) is 76.5 Å². The molecule has 1 aliphatic rings. The largest absolute Gasteiger partial charge is 0.383 e. The zero-order chi connectivity index (χ0) is 21.1. The van der Waals surface area contributed by atoms with Crippen LogP contribution in [0.1, 0.15) is 26.3 Å². The number of rotatable bonds is 5. The molecule has 0 aromatic heterocycles. The van der Waals surface area contributed by atoms with Gasteiger partial charge in [0.15, 0.2) is 0 Å². The third-order valence-corrected chi connectivity index (χ3v) is 6.01. The molecule has 0 atom stereocenters. The first-order chi connectivity index (χ1) is 14.6. The molecule has 0 saturated heterocycles. The minimum atomic E-state index is -0.162. The first-order valence-corrected chi connectivity index (χ1v) is 10.5. The molecule has 152 valence electrons. The number of amides is 2. The predicted octanol–water partition coefficient (Wildman–Crippen LogP) is 5.01. The van der Waals surface area contributed by atoms with Crippen molar-refractivity contribution in [1.29, 1.82) is 0 Å². The Hall–Kier alpha value is -3.09. The highest BCUT2D eigenvalue weighted by Crippen LogP contribution is 2.42. The Morgan fingerprint density at radius 3 is 2.67 bits per heavy atom. The summed E-state index contributed by atoms with van der Waals surface area (Å²) in [6.45, 7) is 2.84. The average molecular weight is 419 g/mol. The lowest BCUT2D eigenvalue weighted by molar-refractivity contribution is 0.0972. The lowest BCUT2D eigenvalue weighted by atomic mass is 10.1. The number of ether oxygens (including phenoxy) is 1. The van der Waals surface area contributed by atoms with Crippen LogP contribution in [0.3, 0.4) is 0 Å². The normalized spacial score (nSPS) is 12.7. The maximum atomic E-state index is 13.2. The van der Waals surface area contributed by atoms with Gasteiger partial charge < -0.3 is 15.0 Å². The van der Waals surface area contributed by atoms with Gasteiger partial charge in [0.1, 0.15) is 0 Å². The van der Waals surface area contributed by atoms with Crippen LogP contribution in [0.4, 0.5) is 11.4 Å². The van der Waals surface area contributed by atoms with Crippen molar-refractivity contribution in [1.82, 2.24) is 0 Å². The van der Waals surface area contributed by atoms with E-state index < -0.39 is 0 Å². The van der Waals surface area contributed by atoms with Crippen LogP contribution < -0.4 is 10.2 Å². The fourth-order valence-corrected chi connectivity index (χ4v) is 4.51. The molecule has 0 fully saturated rings. The van der Waals surface area contributed by atoms with Gasteiger partial charge >= 0.3 is 0 Å². The molecule has 0 radical (unpaired) electrons. The van der Waals surface area contributed by atoms with E-state index in [1.165, 1.54) is 11.8 Å². The Bertz CT molecular complexity index is 1110. The molecule has 0 bridgehead atoms. The number of hydrogen-bond donors (Lipinski definition) is 1. The highest BCUT2D eigenvalue weighted by molar-refractivity contribution is 7.99. The third kappa shape index (κ3) is 4.10. The lowest BCUT2D eigenvalue weighted by Gasteiger charge is -2.23. The zero-order valence-corrected chi connectivity index (χ0v) is 17.7. The average Bonchev–Trinajstić information content (AvgIpc) is 2.86. The van der Waals surface area contributed by atoms with Gasteiger partial charge in [-0.15, -0.1) is 0 Å². The molecule has 2 amide bonds. The van der Waals surface area contributed by atoms with Crippen molar-refractivity contribution in [2.24, 2.45) is 0 Å². The van der Waals surface area contributed by atoms with Crippen molar-refractivity contribution in [3.63, 3.8) is 0 Å². The summed E-state index contributed by atoms with van der Waals surface area (Å²) in [6, 6.07) is 20.7. The molecule has 30 heavy (non-hydrogen) atoms. The van der Waals surface area contributed by atoms with Crippen LogP contribution >= 0.6 is 11.8 Å². The predicted molar refractivity (Wildman–Crippen MR) is 120 cm³/mol. The van der Waals surface area contributed by atoms with Gasteiger partial charge in [-0.05, 0) is 49.4 Å². The number of methoxy groups -OCH3 is 1. The molecule has 0 aliphatic carbocycles. The van der Waals surface area contributed by atoms with Crippen LogP contribution in [0, 0.1) is 6.92 Å². The summed E-state index contributed by atoms with van der Waals surface area (Å²) in [7, 11) is 1.62. The van der Waals surface area contributed by atoms with Crippen molar-refractivity contribution in [3.8, 4) is 0 Å². The van der Waals surface area contributed by atoms with Gasteiger partial charge in [0.05, 0.1) is 17.9 Å². The molecular weight excluding hydrogens is 396 g/mol. The molecule has 5 nitrogen and oxygen atoms in total. The summed E-state index contributed by atoms with van der Waals surface area (Å²) in [5.41, 5.74) is 3.81. The molecular formula is C24H22N2O3S. The Morgan fingerprint density at radius 1 is 1.03 bits per heavy atom. The second kappa shape index (κ2) is 8.73. The smallest absolute Gasteiger partial charge is 0.259 e. The van der Waals surface area contributed by atoms with Gasteiger partial charge in [0, 0.05) is 34.7 Å². The Balaban J connectivity index is 1.69. The Morgan fingerprint density at radius 2 is 1.87 bits per heavy atom. The monoisotopic (exact) mass is 418 g/mol. The summed E-state index contributed by atoms with van der Waals surface area (Å²) in [5.74, 6) is -0.213. The first kappa shape index (κ1) is 20.2. The molecule has 0 saturated carbocycles. The van der Waals surface area contributed by atoms with Gasteiger partial charge in [0.2, 0.25) is 0 Å². The Kier molecular flexibility index (Phi) is 5.88. The maximum Gasteiger partial charge on any atom is 0.259 e. The van der Waals surface area contributed by atoms with Crippen molar-refractivity contribution in [2.45, 2.75) is 16.7 Å². The van der Waals surface area contributed by atoms with E-state index in [4.69, 9.17) is 4.74 Å². The second-order valence-electron chi connectivity index (χ2n) is 7.05. The number of aryl methyl sites for hydroxylation is 1. The number of benzene rings is 3. The van der Waals surface area contributed by atoms with Crippen molar-refractivity contribution in [2.75, 3.05) is 30.5 Å². The summed E-state index contributed by atoms with van der Waals surface area (Å²) >= 11 is 1.53. The van der Waals surface area contributed by atoms with Gasteiger partial charge in [-0.25, -0.2) is 0 Å². The van der Waals surface area contributed by atoms with E-state index in [2.05, 4.69) is 5.32 Å². The number of carbonyl (C=O) groups is 2. The topological polar surface area (TPSA) is 58.6 Å². The molecule has 3 aromatic rings. The molecule has 1 heterocycles. The van der Waals surface area contributed by atoms with E-state index in [9.17, 15) is 9.59 Å². The molecule has 4 rings (SSSR count). The van der Waals surface area contributed by atoms with Gasteiger partial charge in [-0.1, -0.05) is 41.6 Å². The van der Waals surface area contributed by atoms with E-state index in [-0.39, 0.29) is 11.8 Å². The summed E-state index contributed by atoms with van der Waals surface area (Å²) in [4.78, 5) is 29.4. The highest BCUT2D eigenvalue weighted by Gasteiger charge is 2.27. The van der Waals surface area contributed by atoms with Crippen molar-refractivity contribution in [3.05, 3.63) is 83.4 Å². The number of anilines is 2. The first-order valence-electron chi connectivity index (χ1n) is 9.66. The minimum Gasteiger partial charge on any atom is -0.383 e. The van der Waals surface area contributed by atoms with E-state index in [0.29, 0.717) is 30.0 Å². The number of nitrogens with one attached hydrogen (secondary N) is 1. The van der Waals surface area contributed by atoms with Crippen molar-refractivity contribution >= 4 is 35.0 Å². The fraction of sp³-hybridized carbons (Fsp3) is 0.167. The third-order valence-electron chi connectivity index (χ3n) is 4.89. The standard InChI is InChI=1S/C24H22N2O3S/c1-16-6-5-7-17(14-16)23(27)25-18-10-11-20-22(15-18)30-21-9-4-3-8-19(21)24(28)26(20)12-13-29-2/h3-11,14-15H,12-13H2,1-2H3,(H,25,27). The molecule has 0 unspecified atom stereocenters. The van der Waals surface area contributed by atoms with Crippen LogP contribution in [0.2, 0.25) is 0 Å². The number of fused-ring (bicyclic) bond motifs is 2. The molecule has 1 N–H and O–H groups in total. The molecule has 3 aromatic carbocycles. The molecule has 0 spiro atoms. The van der Waals surface area contributed by atoms with Crippen LogP contribution in [0.5, 0.6) is 0 Å². The van der Waals surface area contributed by atoms with E-state index in [1.54, 1.807) is 18.1 Å². The van der Waals surface area contributed by atoms with Crippen LogP contribution in [-0.4, -0.2) is 32.1 Å². The van der Waals surface area contributed by atoms with Gasteiger partial charge in [0.25, 0.3) is 11.8 Å². The van der Waals surface area contributed by atoms with E-state index in [0.717, 1.165) is 21.0 Å². The minimum absolute atomic E-state index is 0.0505. The van der Waals surface area contributed by atoms with E-state index in [1.807, 2.05) is 67.6 Å². The second-order valence-corrected chi connectivity index (χ2v) is 8.14. The van der Waals surface area contributed by atoms with Crippen molar-refractivity contribution < 1.29 is 14.3 Å². The number of hydrogen-bond acceptors (Lipinski definition) is 4. The lowest BCUT2D eigenvalue weighted by Crippen LogP contribution is -2.33. The summed E-state index contributed by atoms with van der Waals surface area (Å²) < 4.78 is 5.21.